The molecule has 0 atom stereocenters. The molecule has 0 aliphatic carbocycles. The van der Waals surface area contributed by atoms with Crippen molar-refractivity contribution in [2.45, 2.75) is 6.92 Å². The zero-order valence-electron chi connectivity index (χ0n) is 14.6. The Morgan fingerprint density at radius 3 is 2.75 bits per heavy atom. The first-order chi connectivity index (χ1) is 13.5. The Morgan fingerprint density at radius 2 is 2.11 bits per heavy atom. The first-order valence-electron chi connectivity index (χ1n) is 8.13. The zero-order valence-corrected chi connectivity index (χ0v) is 17.0. The number of carbonyl (C=O) groups is 3. The molecule has 0 fully saturated rings. The number of anilines is 1. The van der Waals surface area contributed by atoms with Crippen molar-refractivity contribution in [2.75, 3.05) is 18.5 Å². The Bertz CT molecular complexity index is 992. The fourth-order valence-electron chi connectivity index (χ4n) is 2.33. The molecule has 0 spiro atoms. The van der Waals surface area contributed by atoms with Crippen molar-refractivity contribution in [3.63, 3.8) is 0 Å². The summed E-state index contributed by atoms with van der Waals surface area (Å²) in [6, 6.07) is 4.93. The molecule has 0 saturated heterocycles. The maximum atomic E-state index is 12.4. The van der Waals surface area contributed by atoms with E-state index in [0.717, 1.165) is 11.3 Å². The third kappa shape index (κ3) is 4.52. The minimum atomic E-state index is -0.672. The number of nitrogens with one attached hydrogen (secondary N) is 2. The van der Waals surface area contributed by atoms with Crippen LogP contribution in [0.5, 0.6) is 0 Å². The molecule has 0 radical (unpaired) electrons. The Balaban J connectivity index is 1.71. The van der Waals surface area contributed by atoms with Gasteiger partial charge in [0, 0.05) is 21.6 Å². The van der Waals surface area contributed by atoms with E-state index < -0.39 is 24.5 Å². The minimum absolute atomic E-state index is 0.184. The molecular weight excluding hydrogens is 452 g/mol. The van der Waals surface area contributed by atoms with Gasteiger partial charge >= 0.3 is 11.9 Å². The quantitative estimate of drug-likeness (QED) is 0.507. The average molecular weight is 467 g/mol. The first-order valence-corrected chi connectivity index (χ1v) is 9.80. The molecule has 146 valence electrons. The molecule has 28 heavy (non-hydrogen) atoms. The number of hydrogen-bond donors (Lipinski definition) is 2. The van der Waals surface area contributed by atoms with Crippen LogP contribution in [0.1, 0.15) is 27.8 Å². The number of ether oxygens (including phenoxy) is 2. The highest BCUT2D eigenvalue weighted by Gasteiger charge is 2.24. The van der Waals surface area contributed by atoms with Crippen molar-refractivity contribution < 1.29 is 28.3 Å². The van der Waals surface area contributed by atoms with Gasteiger partial charge in [0.05, 0.1) is 12.9 Å². The second-order valence-electron chi connectivity index (χ2n) is 5.41. The van der Waals surface area contributed by atoms with Gasteiger partial charge in [-0.15, -0.1) is 11.3 Å². The average Bonchev–Trinajstić information content (AvgIpc) is 3.40. The van der Waals surface area contributed by atoms with E-state index in [2.05, 4.69) is 26.2 Å². The van der Waals surface area contributed by atoms with Crippen LogP contribution in [0, 0.1) is 0 Å². The molecule has 0 unspecified atom stereocenters. The fraction of sp³-hybridized carbons (Fsp3) is 0.167. The lowest BCUT2D eigenvalue weighted by Crippen LogP contribution is -2.21. The maximum absolute atomic E-state index is 12.4. The number of esters is 2. The topological polar surface area (TPSA) is 111 Å². The summed E-state index contributed by atoms with van der Waals surface area (Å²) >= 11 is 4.35. The predicted octanol–water partition coefficient (Wildman–Crippen LogP) is 4.07. The van der Waals surface area contributed by atoms with Gasteiger partial charge in [0.15, 0.2) is 6.61 Å². The van der Waals surface area contributed by atoms with E-state index in [1.165, 1.54) is 12.3 Å². The zero-order chi connectivity index (χ0) is 20.1. The van der Waals surface area contributed by atoms with Crippen molar-refractivity contribution in [1.29, 1.82) is 0 Å². The molecule has 3 aromatic heterocycles. The Labute approximate surface area is 172 Å². The van der Waals surface area contributed by atoms with Crippen LogP contribution in [0.3, 0.4) is 0 Å². The number of rotatable bonds is 7. The number of hydrogen-bond acceptors (Lipinski definition) is 7. The Kier molecular flexibility index (Phi) is 6.32. The minimum Gasteiger partial charge on any atom is -0.464 e. The molecule has 8 nitrogen and oxygen atoms in total. The summed E-state index contributed by atoms with van der Waals surface area (Å²) in [6.07, 6.45) is 3.06. The maximum Gasteiger partial charge on any atom is 0.355 e. The van der Waals surface area contributed by atoms with E-state index in [-0.39, 0.29) is 22.9 Å². The third-order valence-corrected chi connectivity index (χ3v) is 4.87. The molecule has 0 bridgehead atoms. The van der Waals surface area contributed by atoms with Crippen LogP contribution in [0.15, 0.2) is 44.9 Å². The molecule has 0 aliphatic heterocycles. The number of furan rings is 1. The van der Waals surface area contributed by atoms with Crippen LogP contribution >= 0.6 is 27.3 Å². The summed E-state index contributed by atoms with van der Waals surface area (Å²) in [4.78, 5) is 39.2. The SMILES string of the molecule is CCOC(=O)c1c(-c2ccco2)csc1NC(=O)COC(=O)c1cc(Br)c[nH]1. The number of aromatic amines is 1. The van der Waals surface area contributed by atoms with Gasteiger partial charge in [-0.1, -0.05) is 0 Å². The van der Waals surface area contributed by atoms with Crippen LogP contribution in [-0.2, 0) is 14.3 Å². The van der Waals surface area contributed by atoms with Gasteiger partial charge < -0.3 is 24.2 Å². The molecule has 0 aromatic carbocycles. The van der Waals surface area contributed by atoms with E-state index >= 15 is 0 Å². The molecule has 1 amide bonds. The summed E-state index contributed by atoms with van der Waals surface area (Å²) in [5, 5.41) is 4.55. The second kappa shape index (κ2) is 8.89. The number of H-pyrrole nitrogens is 1. The number of thiophene rings is 1. The molecule has 2 N–H and O–H groups in total. The van der Waals surface area contributed by atoms with Gasteiger partial charge in [-0.2, -0.15) is 0 Å². The highest BCUT2D eigenvalue weighted by atomic mass is 79.9. The van der Waals surface area contributed by atoms with E-state index in [9.17, 15) is 14.4 Å². The van der Waals surface area contributed by atoms with Crippen LogP contribution < -0.4 is 5.32 Å². The Morgan fingerprint density at radius 1 is 1.29 bits per heavy atom. The summed E-state index contributed by atoms with van der Waals surface area (Å²) in [5.74, 6) is -1.37. The third-order valence-electron chi connectivity index (χ3n) is 3.51. The van der Waals surface area contributed by atoms with Crippen molar-refractivity contribution in [1.82, 2.24) is 4.98 Å². The highest BCUT2D eigenvalue weighted by molar-refractivity contribution is 9.10. The van der Waals surface area contributed by atoms with Gasteiger partial charge in [-0.3, -0.25) is 4.79 Å². The van der Waals surface area contributed by atoms with Crippen LogP contribution in [-0.4, -0.2) is 36.0 Å². The van der Waals surface area contributed by atoms with E-state index in [1.807, 2.05) is 0 Å². The Hall–Kier alpha value is -2.85. The van der Waals surface area contributed by atoms with Crippen molar-refractivity contribution in [3.05, 3.63) is 51.8 Å². The molecule has 0 aliphatic rings. The molecule has 3 rings (SSSR count). The van der Waals surface area contributed by atoms with Crippen LogP contribution in [0.25, 0.3) is 11.3 Å². The van der Waals surface area contributed by atoms with Crippen LogP contribution in [0.2, 0.25) is 0 Å². The lowest BCUT2D eigenvalue weighted by Gasteiger charge is -2.08. The molecule has 3 heterocycles. The van der Waals surface area contributed by atoms with Gasteiger partial charge in [0.1, 0.15) is 22.0 Å². The van der Waals surface area contributed by atoms with Crippen molar-refractivity contribution >= 4 is 50.1 Å². The lowest BCUT2D eigenvalue weighted by atomic mass is 10.1. The normalized spacial score (nSPS) is 10.5. The number of aromatic nitrogens is 1. The van der Waals surface area contributed by atoms with Gasteiger partial charge in [0.25, 0.3) is 5.91 Å². The van der Waals surface area contributed by atoms with Crippen molar-refractivity contribution in [3.8, 4) is 11.3 Å². The first kappa shape index (κ1) is 19.9. The highest BCUT2D eigenvalue weighted by Crippen LogP contribution is 2.36. The monoisotopic (exact) mass is 466 g/mol. The molecule has 10 heteroatoms. The van der Waals surface area contributed by atoms with Gasteiger partial charge in [-0.05, 0) is 41.1 Å². The summed E-state index contributed by atoms with van der Waals surface area (Å²) < 4.78 is 16.1. The van der Waals surface area contributed by atoms with E-state index in [0.29, 0.717) is 15.8 Å². The molecule has 0 saturated carbocycles. The summed E-state index contributed by atoms with van der Waals surface area (Å²) in [6.45, 7) is 1.36. The molecular formula is C18H15BrN2O6S. The van der Waals surface area contributed by atoms with E-state index in [1.54, 1.807) is 30.6 Å². The van der Waals surface area contributed by atoms with E-state index in [4.69, 9.17) is 13.9 Å². The lowest BCUT2D eigenvalue weighted by molar-refractivity contribution is -0.119. The predicted molar refractivity (Wildman–Crippen MR) is 105 cm³/mol. The largest absolute Gasteiger partial charge is 0.464 e. The summed E-state index contributed by atoms with van der Waals surface area (Å²) in [7, 11) is 0. The fourth-order valence-corrected chi connectivity index (χ4v) is 3.62. The number of carbonyl (C=O) groups excluding carboxylic acids is 3. The van der Waals surface area contributed by atoms with Gasteiger partial charge in [0.2, 0.25) is 0 Å². The van der Waals surface area contributed by atoms with Gasteiger partial charge in [-0.25, -0.2) is 9.59 Å². The molecule has 3 aromatic rings. The van der Waals surface area contributed by atoms with Crippen molar-refractivity contribution in [2.24, 2.45) is 0 Å². The smallest absolute Gasteiger partial charge is 0.355 e. The standard InChI is InChI=1S/C18H15BrN2O6S/c1-2-25-18(24)15-11(13-4-3-5-26-13)9-28-16(15)21-14(22)8-27-17(23)12-6-10(19)7-20-12/h3-7,9,20H,2,8H2,1H3,(H,21,22). The summed E-state index contributed by atoms with van der Waals surface area (Å²) in [5.41, 5.74) is 0.912. The number of amides is 1. The number of halogens is 1. The van der Waals surface area contributed by atoms with Crippen LogP contribution in [0.4, 0.5) is 5.00 Å². The second-order valence-corrected chi connectivity index (χ2v) is 7.20.